The van der Waals surface area contributed by atoms with E-state index in [4.69, 9.17) is 17.3 Å². The summed E-state index contributed by atoms with van der Waals surface area (Å²) in [5.41, 5.74) is 8.97. The zero-order valence-corrected chi connectivity index (χ0v) is 11.7. The Bertz CT molecular complexity index is 558. The van der Waals surface area contributed by atoms with E-state index >= 15 is 0 Å². The van der Waals surface area contributed by atoms with Gasteiger partial charge in [-0.2, -0.15) is 5.10 Å². The second-order valence-electron chi connectivity index (χ2n) is 4.95. The van der Waals surface area contributed by atoms with Crippen LogP contribution in [-0.2, 0) is 6.42 Å². The van der Waals surface area contributed by atoms with Gasteiger partial charge < -0.3 is 5.73 Å². The molecule has 96 valence electrons. The minimum atomic E-state index is 0.563. The SMILES string of the molecule is Cc1c(Cl)cccc1-n1nc(CC(C)C)cc1N. The summed E-state index contributed by atoms with van der Waals surface area (Å²) in [7, 11) is 0. The van der Waals surface area contributed by atoms with Crippen molar-refractivity contribution in [3.05, 3.63) is 40.5 Å². The number of hydrogen-bond donors (Lipinski definition) is 1. The van der Waals surface area contributed by atoms with Crippen LogP contribution in [-0.4, -0.2) is 9.78 Å². The molecule has 0 unspecified atom stereocenters. The number of nitrogens with two attached hydrogens (primary N) is 1. The zero-order valence-electron chi connectivity index (χ0n) is 10.9. The molecule has 0 radical (unpaired) electrons. The van der Waals surface area contributed by atoms with Crippen LogP contribution >= 0.6 is 11.6 Å². The lowest BCUT2D eigenvalue weighted by Crippen LogP contribution is -2.04. The molecule has 0 atom stereocenters. The van der Waals surface area contributed by atoms with E-state index < -0.39 is 0 Å². The van der Waals surface area contributed by atoms with Crippen LogP contribution < -0.4 is 5.73 Å². The fraction of sp³-hybridized carbons (Fsp3) is 0.357. The molecule has 18 heavy (non-hydrogen) atoms. The summed E-state index contributed by atoms with van der Waals surface area (Å²) < 4.78 is 1.76. The van der Waals surface area contributed by atoms with E-state index in [9.17, 15) is 0 Å². The van der Waals surface area contributed by atoms with Crippen LogP contribution in [0.15, 0.2) is 24.3 Å². The van der Waals surface area contributed by atoms with Gasteiger partial charge in [-0.05, 0) is 37.0 Å². The summed E-state index contributed by atoms with van der Waals surface area (Å²) in [4.78, 5) is 0. The van der Waals surface area contributed by atoms with Gasteiger partial charge in [0.25, 0.3) is 0 Å². The summed E-state index contributed by atoms with van der Waals surface area (Å²) >= 11 is 6.13. The largest absolute Gasteiger partial charge is 0.384 e. The first-order valence-corrected chi connectivity index (χ1v) is 6.46. The third-order valence-corrected chi connectivity index (χ3v) is 3.28. The van der Waals surface area contributed by atoms with Crippen molar-refractivity contribution >= 4 is 17.4 Å². The molecule has 0 aliphatic carbocycles. The van der Waals surface area contributed by atoms with E-state index in [2.05, 4.69) is 18.9 Å². The monoisotopic (exact) mass is 263 g/mol. The number of aromatic nitrogens is 2. The number of anilines is 1. The van der Waals surface area contributed by atoms with Gasteiger partial charge in [-0.15, -0.1) is 0 Å². The first-order chi connectivity index (χ1) is 8.49. The molecule has 0 fully saturated rings. The molecular formula is C14H18ClN3. The second-order valence-corrected chi connectivity index (χ2v) is 5.36. The number of rotatable bonds is 3. The number of hydrogen-bond acceptors (Lipinski definition) is 2. The molecule has 1 heterocycles. The van der Waals surface area contributed by atoms with Crippen LogP contribution in [0, 0.1) is 12.8 Å². The van der Waals surface area contributed by atoms with Crippen molar-refractivity contribution in [1.29, 1.82) is 0 Å². The van der Waals surface area contributed by atoms with Gasteiger partial charge in [-0.25, -0.2) is 4.68 Å². The van der Waals surface area contributed by atoms with Crippen molar-refractivity contribution in [1.82, 2.24) is 9.78 Å². The van der Waals surface area contributed by atoms with Crippen LogP contribution in [0.25, 0.3) is 5.69 Å². The molecule has 2 rings (SSSR count). The summed E-state index contributed by atoms with van der Waals surface area (Å²) in [5.74, 6) is 1.21. The quantitative estimate of drug-likeness (QED) is 0.919. The maximum Gasteiger partial charge on any atom is 0.127 e. The Morgan fingerprint density at radius 1 is 1.39 bits per heavy atom. The molecule has 0 bridgehead atoms. The number of benzene rings is 1. The topological polar surface area (TPSA) is 43.8 Å². The van der Waals surface area contributed by atoms with E-state index in [1.54, 1.807) is 4.68 Å². The highest BCUT2D eigenvalue weighted by Gasteiger charge is 2.11. The number of nitrogen functional groups attached to an aromatic ring is 1. The van der Waals surface area contributed by atoms with Gasteiger partial charge >= 0.3 is 0 Å². The third-order valence-electron chi connectivity index (χ3n) is 2.87. The molecule has 1 aromatic heterocycles. The van der Waals surface area contributed by atoms with Crippen molar-refractivity contribution in [3.8, 4) is 5.69 Å². The normalized spacial score (nSPS) is 11.2. The van der Waals surface area contributed by atoms with Crippen LogP contribution in [0.5, 0.6) is 0 Å². The minimum absolute atomic E-state index is 0.563. The molecule has 1 aromatic carbocycles. The Balaban J connectivity index is 2.44. The van der Waals surface area contributed by atoms with Crippen molar-refractivity contribution in [2.24, 2.45) is 5.92 Å². The Kier molecular flexibility index (Phi) is 3.62. The third kappa shape index (κ3) is 2.51. The van der Waals surface area contributed by atoms with Gasteiger partial charge in [0.05, 0.1) is 11.4 Å². The Hall–Kier alpha value is -1.48. The van der Waals surface area contributed by atoms with Crippen molar-refractivity contribution in [2.75, 3.05) is 5.73 Å². The fourth-order valence-corrected chi connectivity index (χ4v) is 2.15. The van der Waals surface area contributed by atoms with Gasteiger partial charge in [-0.3, -0.25) is 0 Å². The molecule has 0 amide bonds. The van der Waals surface area contributed by atoms with Crippen molar-refractivity contribution < 1.29 is 0 Å². The van der Waals surface area contributed by atoms with Gasteiger partial charge in [0.15, 0.2) is 0 Å². The van der Waals surface area contributed by atoms with E-state index in [-0.39, 0.29) is 0 Å². The van der Waals surface area contributed by atoms with E-state index in [0.717, 1.165) is 28.4 Å². The smallest absolute Gasteiger partial charge is 0.127 e. The van der Waals surface area contributed by atoms with E-state index in [0.29, 0.717) is 11.7 Å². The first-order valence-electron chi connectivity index (χ1n) is 6.09. The summed E-state index contributed by atoms with van der Waals surface area (Å²) in [6, 6.07) is 7.69. The molecule has 0 aliphatic heterocycles. The summed E-state index contributed by atoms with van der Waals surface area (Å²) in [6.45, 7) is 6.31. The lowest BCUT2D eigenvalue weighted by Gasteiger charge is -2.08. The Morgan fingerprint density at radius 3 is 2.78 bits per heavy atom. The molecule has 4 heteroatoms. The average Bonchev–Trinajstić information content (AvgIpc) is 2.62. The number of halogens is 1. The molecular weight excluding hydrogens is 246 g/mol. The van der Waals surface area contributed by atoms with Crippen LogP contribution in [0.3, 0.4) is 0 Å². The van der Waals surface area contributed by atoms with E-state index in [1.807, 2.05) is 31.2 Å². The van der Waals surface area contributed by atoms with Crippen LogP contribution in [0.1, 0.15) is 25.1 Å². The molecule has 2 aromatic rings. The lowest BCUT2D eigenvalue weighted by atomic mass is 10.1. The van der Waals surface area contributed by atoms with Crippen LogP contribution in [0.2, 0.25) is 5.02 Å². The maximum atomic E-state index is 6.13. The number of nitrogens with zero attached hydrogens (tertiary/aromatic N) is 2. The molecule has 0 saturated heterocycles. The standard InChI is InChI=1S/C14H18ClN3/c1-9(2)7-11-8-14(16)18(17-11)13-6-4-5-12(15)10(13)3/h4-6,8-9H,7,16H2,1-3H3. The Morgan fingerprint density at radius 2 is 2.11 bits per heavy atom. The highest BCUT2D eigenvalue weighted by Crippen LogP contribution is 2.24. The van der Waals surface area contributed by atoms with Gasteiger partial charge in [0.1, 0.15) is 5.82 Å². The molecule has 2 N–H and O–H groups in total. The van der Waals surface area contributed by atoms with Gasteiger partial charge in [-0.1, -0.05) is 31.5 Å². The molecule has 0 aliphatic rings. The second kappa shape index (κ2) is 5.02. The van der Waals surface area contributed by atoms with E-state index in [1.165, 1.54) is 0 Å². The molecule has 3 nitrogen and oxygen atoms in total. The molecule has 0 spiro atoms. The summed E-state index contributed by atoms with van der Waals surface area (Å²) in [5, 5.41) is 5.28. The average molecular weight is 264 g/mol. The zero-order chi connectivity index (χ0) is 13.3. The van der Waals surface area contributed by atoms with Crippen molar-refractivity contribution in [2.45, 2.75) is 27.2 Å². The van der Waals surface area contributed by atoms with Crippen molar-refractivity contribution in [3.63, 3.8) is 0 Å². The van der Waals surface area contributed by atoms with Gasteiger partial charge in [0.2, 0.25) is 0 Å². The highest BCUT2D eigenvalue weighted by molar-refractivity contribution is 6.31. The predicted octanol–water partition coefficient (Wildman–Crippen LogP) is 3.61. The maximum absolute atomic E-state index is 6.13. The lowest BCUT2D eigenvalue weighted by molar-refractivity contribution is 0.628. The van der Waals surface area contributed by atoms with Gasteiger partial charge in [0, 0.05) is 11.1 Å². The summed E-state index contributed by atoms with van der Waals surface area (Å²) in [6.07, 6.45) is 0.927. The first kappa shape index (κ1) is 13.0. The predicted molar refractivity (Wildman–Crippen MR) is 76.3 cm³/mol. The van der Waals surface area contributed by atoms with Crippen LogP contribution in [0.4, 0.5) is 5.82 Å². The molecule has 0 saturated carbocycles. The Labute approximate surface area is 113 Å². The fourth-order valence-electron chi connectivity index (χ4n) is 1.98. The minimum Gasteiger partial charge on any atom is -0.384 e. The highest BCUT2D eigenvalue weighted by atomic mass is 35.5.